The maximum Gasteiger partial charge on any atom is 0.286 e. The molecule has 0 aromatic heterocycles. The number of quaternary nitrogens is 2. The molecule has 0 aliphatic carbocycles. The Kier molecular flexibility index (Phi) is 9.03. The van der Waals surface area contributed by atoms with Gasteiger partial charge in [0.15, 0.2) is 6.54 Å². The number of fused-ring (bicyclic) bond motifs is 2. The third-order valence-corrected chi connectivity index (χ3v) is 6.86. The van der Waals surface area contributed by atoms with Crippen LogP contribution >= 0.6 is 0 Å². The van der Waals surface area contributed by atoms with E-state index < -0.39 is 0 Å². The number of amides is 2. The maximum absolute atomic E-state index is 13.6. The summed E-state index contributed by atoms with van der Waals surface area (Å²) in [7, 11) is 0. The van der Waals surface area contributed by atoms with Gasteiger partial charge in [0.25, 0.3) is 5.91 Å². The normalized spacial score (nSPS) is 13.0. The van der Waals surface area contributed by atoms with Gasteiger partial charge in [-0.15, -0.1) is 0 Å². The molecule has 0 radical (unpaired) electrons. The molecule has 0 bridgehead atoms. The molecule has 1 aliphatic heterocycles. The SMILES string of the molecule is CC[NH+](CC)CCC(=O)Nc1ccc2c(c1)N(C(=O)C[NH+](CC)CC)c1ccccc1CC2. The van der Waals surface area contributed by atoms with Gasteiger partial charge in [0.05, 0.1) is 50.5 Å². The van der Waals surface area contributed by atoms with Gasteiger partial charge in [0.1, 0.15) is 0 Å². The van der Waals surface area contributed by atoms with E-state index in [4.69, 9.17) is 0 Å². The van der Waals surface area contributed by atoms with Crippen LogP contribution in [0.2, 0.25) is 0 Å². The average Bonchev–Trinajstić information content (AvgIpc) is 2.99. The second kappa shape index (κ2) is 12.0. The molecule has 1 aliphatic rings. The molecule has 0 spiro atoms. The van der Waals surface area contributed by atoms with E-state index in [0.29, 0.717) is 13.0 Å². The number of hydrogen-bond donors (Lipinski definition) is 3. The molecular weight excluding hydrogens is 412 g/mol. The summed E-state index contributed by atoms with van der Waals surface area (Å²) < 4.78 is 0. The molecule has 0 unspecified atom stereocenters. The summed E-state index contributed by atoms with van der Waals surface area (Å²) in [5.41, 5.74) is 4.93. The van der Waals surface area contributed by atoms with Crippen molar-refractivity contribution in [2.45, 2.75) is 47.0 Å². The van der Waals surface area contributed by atoms with E-state index in [-0.39, 0.29) is 11.8 Å². The van der Waals surface area contributed by atoms with Crippen LogP contribution in [-0.2, 0) is 22.4 Å². The molecule has 6 nitrogen and oxygen atoms in total. The predicted octanol–water partition coefficient (Wildman–Crippen LogP) is 1.63. The topological polar surface area (TPSA) is 58.3 Å². The second-order valence-electron chi connectivity index (χ2n) is 8.84. The van der Waals surface area contributed by atoms with E-state index in [1.54, 1.807) is 0 Å². The average molecular weight is 453 g/mol. The first kappa shape index (κ1) is 24.9. The van der Waals surface area contributed by atoms with E-state index >= 15 is 0 Å². The van der Waals surface area contributed by atoms with Crippen molar-refractivity contribution in [2.24, 2.45) is 0 Å². The van der Waals surface area contributed by atoms with Crippen molar-refractivity contribution >= 4 is 28.9 Å². The molecule has 178 valence electrons. The van der Waals surface area contributed by atoms with Crippen molar-refractivity contribution in [2.75, 3.05) is 49.5 Å². The highest BCUT2D eigenvalue weighted by Gasteiger charge is 2.28. The third-order valence-electron chi connectivity index (χ3n) is 6.86. The Morgan fingerprint density at radius 1 is 0.848 bits per heavy atom. The molecule has 0 atom stereocenters. The fourth-order valence-corrected chi connectivity index (χ4v) is 4.58. The summed E-state index contributed by atoms with van der Waals surface area (Å²) in [6.45, 7) is 13.7. The second-order valence-corrected chi connectivity index (χ2v) is 8.84. The minimum atomic E-state index is 0.0221. The fourth-order valence-electron chi connectivity index (χ4n) is 4.58. The summed E-state index contributed by atoms with van der Waals surface area (Å²) in [6, 6.07) is 14.2. The van der Waals surface area contributed by atoms with Crippen LogP contribution in [0.5, 0.6) is 0 Å². The van der Waals surface area contributed by atoms with Crippen LogP contribution in [0.25, 0.3) is 0 Å². The zero-order valence-corrected chi connectivity index (χ0v) is 20.7. The van der Waals surface area contributed by atoms with Gasteiger partial charge in [-0.2, -0.15) is 0 Å². The molecular formula is C27H40N4O2+2. The molecule has 1 heterocycles. The van der Waals surface area contributed by atoms with Gasteiger partial charge >= 0.3 is 0 Å². The van der Waals surface area contributed by atoms with E-state index in [0.717, 1.165) is 68.2 Å². The molecule has 2 amide bonds. The minimum absolute atomic E-state index is 0.0221. The molecule has 0 saturated heterocycles. The van der Waals surface area contributed by atoms with Gasteiger partial charge in [-0.25, -0.2) is 0 Å². The van der Waals surface area contributed by atoms with Crippen LogP contribution < -0.4 is 20.0 Å². The Bertz CT molecular complexity index is 951. The highest BCUT2D eigenvalue weighted by atomic mass is 16.2. The number of rotatable bonds is 10. The van der Waals surface area contributed by atoms with Crippen molar-refractivity contribution in [3.05, 3.63) is 53.6 Å². The van der Waals surface area contributed by atoms with Crippen molar-refractivity contribution in [3.8, 4) is 0 Å². The van der Waals surface area contributed by atoms with Crippen molar-refractivity contribution in [3.63, 3.8) is 0 Å². The number of carbonyl (C=O) groups is 2. The predicted molar refractivity (Wildman–Crippen MR) is 135 cm³/mol. The smallest absolute Gasteiger partial charge is 0.286 e. The number of nitrogens with one attached hydrogen (secondary N) is 3. The lowest BCUT2D eigenvalue weighted by atomic mass is 10.0. The quantitative estimate of drug-likeness (QED) is 0.513. The molecule has 6 heteroatoms. The first-order valence-corrected chi connectivity index (χ1v) is 12.5. The Morgan fingerprint density at radius 3 is 2.15 bits per heavy atom. The Morgan fingerprint density at radius 2 is 1.48 bits per heavy atom. The van der Waals surface area contributed by atoms with E-state index in [9.17, 15) is 9.59 Å². The zero-order chi connectivity index (χ0) is 23.8. The summed E-state index contributed by atoms with van der Waals surface area (Å²) in [6.07, 6.45) is 2.25. The highest BCUT2D eigenvalue weighted by Crippen LogP contribution is 2.37. The summed E-state index contributed by atoms with van der Waals surface area (Å²) in [5.74, 6) is 0.117. The van der Waals surface area contributed by atoms with Crippen molar-refractivity contribution in [1.29, 1.82) is 0 Å². The van der Waals surface area contributed by atoms with Gasteiger partial charge < -0.3 is 15.1 Å². The lowest BCUT2D eigenvalue weighted by Gasteiger charge is -2.27. The van der Waals surface area contributed by atoms with E-state index in [1.165, 1.54) is 15.4 Å². The zero-order valence-electron chi connectivity index (χ0n) is 20.7. The van der Waals surface area contributed by atoms with Gasteiger partial charge in [-0.3, -0.25) is 14.5 Å². The highest BCUT2D eigenvalue weighted by molar-refractivity contribution is 6.03. The van der Waals surface area contributed by atoms with Gasteiger partial charge in [-0.1, -0.05) is 24.3 Å². The first-order valence-electron chi connectivity index (χ1n) is 12.5. The van der Waals surface area contributed by atoms with Crippen LogP contribution in [0.4, 0.5) is 17.1 Å². The lowest BCUT2D eigenvalue weighted by molar-refractivity contribution is -0.895. The van der Waals surface area contributed by atoms with E-state index in [2.05, 4.69) is 45.1 Å². The van der Waals surface area contributed by atoms with Gasteiger partial charge in [0.2, 0.25) is 5.91 Å². The standard InChI is InChI=1S/C27H38N4O2/c1-5-29(6-2)18-17-26(32)28-23-16-15-22-14-13-21-11-9-10-12-24(21)31(25(22)19-23)27(33)20-30(7-3)8-4/h9-12,15-16,19H,5-8,13-14,17-18,20H2,1-4H3,(H,28,32)/p+2. The van der Waals surface area contributed by atoms with E-state index in [1.807, 2.05) is 35.2 Å². The molecule has 0 saturated carbocycles. The number of carbonyl (C=O) groups excluding carboxylic acids is 2. The van der Waals surface area contributed by atoms with Crippen LogP contribution in [0, 0.1) is 0 Å². The third kappa shape index (κ3) is 6.21. The first-order chi connectivity index (χ1) is 16.0. The van der Waals surface area contributed by atoms with Crippen molar-refractivity contribution in [1.82, 2.24) is 0 Å². The Labute approximate surface area is 198 Å². The fraction of sp³-hybridized carbons (Fsp3) is 0.481. The largest absolute Gasteiger partial charge is 0.335 e. The minimum Gasteiger partial charge on any atom is -0.335 e. The molecule has 0 fully saturated rings. The van der Waals surface area contributed by atoms with Crippen molar-refractivity contribution < 1.29 is 19.4 Å². The number of benzene rings is 2. The number of likely N-dealkylation sites (N-methyl/N-ethyl adjacent to an activating group) is 1. The number of para-hydroxylation sites is 1. The summed E-state index contributed by atoms with van der Waals surface area (Å²) in [4.78, 5) is 30.8. The summed E-state index contributed by atoms with van der Waals surface area (Å²) in [5, 5.41) is 3.07. The van der Waals surface area contributed by atoms with Crippen LogP contribution in [0.3, 0.4) is 0 Å². The number of nitrogens with zero attached hydrogens (tertiary/aromatic N) is 1. The van der Waals surface area contributed by atoms with Crippen LogP contribution in [-0.4, -0.2) is 51.1 Å². The molecule has 2 aromatic carbocycles. The van der Waals surface area contributed by atoms with Gasteiger partial charge in [0, 0.05) is 5.69 Å². The van der Waals surface area contributed by atoms with Crippen LogP contribution in [0.1, 0.15) is 45.2 Å². The lowest BCUT2D eigenvalue weighted by Crippen LogP contribution is -3.12. The molecule has 33 heavy (non-hydrogen) atoms. The maximum atomic E-state index is 13.6. The summed E-state index contributed by atoms with van der Waals surface area (Å²) >= 11 is 0. The number of hydrogen-bond acceptors (Lipinski definition) is 2. The number of anilines is 3. The monoisotopic (exact) mass is 452 g/mol. The number of aryl methyl sites for hydroxylation is 2. The molecule has 2 aromatic rings. The Hall–Kier alpha value is -2.70. The molecule has 3 rings (SSSR count). The van der Waals surface area contributed by atoms with Gasteiger partial charge in [-0.05, 0) is 69.9 Å². The van der Waals surface area contributed by atoms with Crippen LogP contribution in [0.15, 0.2) is 42.5 Å². The molecule has 3 N–H and O–H groups in total. The Balaban J connectivity index is 1.90.